The topological polar surface area (TPSA) is 40.5 Å². The van der Waals surface area contributed by atoms with Crippen LogP contribution in [-0.2, 0) is 4.79 Å². The number of carbonyl (C=O) groups is 1. The van der Waals surface area contributed by atoms with Crippen molar-refractivity contribution in [1.29, 1.82) is 0 Å². The molecule has 3 heteroatoms. The highest BCUT2D eigenvalue weighted by Crippen LogP contribution is 2.11. The molecular weight excluding hydrogens is 262 g/mol. The van der Waals surface area contributed by atoms with Crippen LogP contribution in [-0.4, -0.2) is 35.6 Å². The molecule has 0 amide bonds. The number of unbranched alkanes of at least 4 members (excludes halogenated alkanes) is 9. The molecule has 0 saturated carbocycles. The number of rotatable bonds is 15. The molecule has 0 saturated heterocycles. The molecule has 3 nitrogen and oxygen atoms in total. The first-order valence-electron chi connectivity index (χ1n) is 9.06. The lowest BCUT2D eigenvalue weighted by atomic mass is 10.1. The third-order valence-corrected chi connectivity index (χ3v) is 4.23. The molecule has 0 spiro atoms. The zero-order chi connectivity index (χ0) is 15.9. The molecule has 0 aliphatic carbocycles. The Balaban J connectivity index is 3.41. The van der Waals surface area contributed by atoms with Crippen LogP contribution >= 0.6 is 0 Å². The smallest absolute Gasteiger partial charge is 0.307 e. The van der Waals surface area contributed by atoms with Crippen LogP contribution in [0.1, 0.15) is 85.0 Å². The van der Waals surface area contributed by atoms with Gasteiger partial charge in [-0.2, -0.15) is 0 Å². The summed E-state index contributed by atoms with van der Waals surface area (Å²) in [5, 5.41) is 8.95. The second-order valence-electron chi connectivity index (χ2n) is 6.31. The number of aliphatic carboxylic acids is 1. The van der Waals surface area contributed by atoms with E-state index in [4.69, 9.17) is 5.11 Å². The largest absolute Gasteiger partial charge is 0.481 e. The van der Waals surface area contributed by atoms with Crippen LogP contribution in [0.2, 0.25) is 0 Å². The summed E-state index contributed by atoms with van der Waals surface area (Å²) in [7, 11) is 0. The third-order valence-electron chi connectivity index (χ3n) is 4.23. The van der Waals surface area contributed by atoms with Gasteiger partial charge in [-0.3, -0.25) is 4.79 Å². The number of carboxylic acids is 1. The highest BCUT2D eigenvalue weighted by atomic mass is 16.4. The Labute approximate surface area is 132 Å². The van der Waals surface area contributed by atoms with Crippen molar-refractivity contribution in [2.75, 3.05) is 19.6 Å². The average molecular weight is 299 g/mol. The van der Waals surface area contributed by atoms with Crippen molar-refractivity contribution in [2.45, 2.75) is 85.0 Å². The summed E-state index contributed by atoms with van der Waals surface area (Å²) in [5.74, 6) is -0.940. The van der Waals surface area contributed by atoms with Crippen molar-refractivity contribution >= 4 is 5.97 Å². The predicted molar refractivity (Wildman–Crippen MR) is 90.8 cm³/mol. The van der Waals surface area contributed by atoms with Gasteiger partial charge in [-0.15, -0.1) is 0 Å². The summed E-state index contributed by atoms with van der Waals surface area (Å²) < 4.78 is 0. The van der Waals surface area contributed by atoms with Gasteiger partial charge in [-0.1, -0.05) is 78.6 Å². The van der Waals surface area contributed by atoms with Gasteiger partial charge in [-0.05, 0) is 19.5 Å². The standard InChI is InChI=1S/C18H37NO2/c1-4-6-7-8-9-10-11-12-13-14-15-19(5-2)16-17(3)18(20)21/h17H,4-16H2,1-3H3,(H,20,21). The van der Waals surface area contributed by atoms with Crippen molar-refractivity contribution in [1.82, 2.24) is 4.90 Å². The first-order valence-corrected chi connectivity index (χ1v) is 9.06. The lowest BCUT2D eigenvalue weighted by Gasteiger charge is -2.22. The minimum absolute atomic E-state index is 0.256. The minimum atomic E-state index is -0.684. The molecule has 0 aliphatic heterocycles. The zero-order valence-electron chi connectivity index (χ0n) is 14.6. The SMILES string of the molecule is CCCCCCCCCCCCN(CC)CC(C)C(=O)O. The summed E-state index contributed by atoms with van der Waals surface area (Å²) in [6, 6.07) is 0. The van der Waals surface area contributed by atoms with Gasteiger partial charge in [0.15, 0.2) is 0 Å². The van der Waals surface area contributed by atoms with Crippen molar-refractivity contribution < 1.29 is 9.90 Å². The van der Waals surface area contributed by atoms with E-state index in [0.717, 1.165) is 13.1 Å². The second kappa shape index (κ2) is 14.4. The number of carboxylic acid groups (broad SMARTS) is 1. The maximum atomic E-state index is 10.9. The molecule has 0 rings (SSSR count). The van der Waals surface area contributed by atoms with Gasteiger partial charge in [-0.25, -0.2) is 0 Å². The molecule has 0 bridgehead atoms. The molecule has 0 aliphatic rings. The molecular formula is C18H37NO2. The molecule has 0 fully saturated rings. The summed E-state index contributed by atoms with van der Waals surface area (Å²) in [6.07, 6.45) is 13.5. The molecule has 21 heavy (non-hydrogen) atoms. The van der Waals surface area contributed by atoms with E-state index in [1.54, 1.807) is 6.92 Å². The predicted octanol–water partition coefficient (Wildman–Crippen LogP) is 4.95. The summed E-state index contributed by atoms with van der Waals surface area (Å²) in [6.45, 7) is 8.86. The Hall–Kier alpha value is -0.570. The Kier molecular flexibility index (Phi) is 14.0. The lowest BCUT2D eigenvalue weighted by Crippen LogP contribution is -2.32. The lowest BCUT2D eigenvalue weighted by molar-refractivity contribution is -0.141. The molecule has 0 radical (unpaired) electrons. The first kappa shape index (κ1) is 20.4. The number of nitrogens with zero attached hydrogens (tertiary/aromatic N) is 1. The van der Waals surface area contributed by atoms with Crippen LogP contribution in [0.3, 0.4) is 0 Å². The van der Waals surface area contributed by atoms with Gasteiger partial charge in [0, 0.05) is 6.54 Å². The van der Waals surface area contributed by atoms with E-state index in [0.29, 0.717) is 6.54 Å². The number of hydrogen-bond acceptors (Lipinski definition) is 2. The zero-order valence-corrected chi connectivity index (χ0v) is 14.6. The molecule has 1 unspecified atom stereocenters. The maximum absolute atomic E-state index is 10.9. The van der Waals surface area contributed by atoms with Crippen LogP contribution in [0.25, 0.3) is 0 Å². The first-order chi connectivity index (χ1) is 10.1. The molecule has 126 valence electrons. The van der Waals surface area contributed by atoms with E-state index in [1.165, 1.54) is 64.2 Å². The summed E-state index contributed by atoms with van der Waals surface area (Å²) >= 11 is 0. The highest BCUT2D eigenvalue weighted by molar-refractivity contribution is 5.69. The van der Waals surface area contributed by atoms with Gasteiger partial charge in [0.05, 0.1) is 5.92 Å². The van der Waals surface area contributed by atoms with E-state index in [9.17, 15) is 4.79 Å². The van der Waals surface area contributed by atoms with E-state index < -0.39 is 5.97 Å². The number of hydrogen-bond donors (Lipinski definition) is 1. The molecule has 0 aromatic carbocycles. The van der Waals surface area contributed by atoms with Crippen LogP contribution < -0.4 is 0 Å². The minimum Gasteiger partial charge on any atom is -0.481 e. The molecule has 0 aromatic heterocycles. The van der Waals surface area contributed by atoms with Crippen molar-refractivity contribution in [3.05, 3.63) is 0 Å². The van der Waals surface area contributed by atoms with Gasteiger partial charge in [0.2, 0.25) is 0 Å². The maximum Gasteiger partial charge on any atom is 0.307 e. The Morgan fingerprint density at radius 2 is 1.38 bits per heavy atom. The summed E-state index contributed by atoms with van der Waals surface area (Å²) in [5.41, 5.74) is 0. The van der Waals surface area contributed by atoms with Gasteiger partial charge < -0.3 is 10.0 Å². The summed E-state index contributed by atoms with van der Waals surface area (Å²) in [4.78, 5) is 13.1. The quantitative estimate of drug-likeness (QED) is 0.435. The molecule has 0 heterocycles. The Morgan fingerprint density at radius 1 is 0.905 bits per heavy atom. The van der Waals surface area contributed by atoms with Gasteiger partial charge >= 0.3 is 5.97 Å². The fraction of sp³-hybridized carbons (Fsp3) is 0.944. The van der Waals surface area contributed by atoms with E-state index in [-0.39, 0.29) is 5.92 Å². The molecule has 0 aromatic rings. The van der Waals surface area contributed by atoms with Crippen LogP contribution in [0, 0.1) is 5.92 Å². The fourth-order valence-corrected chi connectivity index (χ4v) is 2.67. The molecule has 1 atom stereocenters. The fourth-order valence-electron chi connectivity index (χ4n) is 2.67. The normalized spacial score (nSPS) is 12.8. The van der Waals surface area contributed by atoms with Crippen molar-refractivity contribution in [2.24, 2.45) is 5.92 Å². The monoisotopic (exact) mass is 299 g/mol. The van der Waals surface area contributed by atoms with E-state index in [1.807, 2.05) is 0 Å². The van der Waals surface area contributed by atoms with Crippen LogP contribution in [0.4, 0.5) is 0 Å². The highest BCUT2D eigenvalue weighted by Gasteiger charge is 2.14. The van der Waals surface area contributed by atoms with Crippen molar-refractivity contribution in [3.63, 3.8) is 0 Å². The second-order valence-corrected chi connectivity index (χ2v) is 6.31. The van der Waals surface area contributed by atoms with Crippen molar-refractivity contribution in [3.8, 4) is 0 Å². The van der Waals surface area contributed by atoms with E-state index in [2.05, 4.69) is 18.7 Å². The third kappa shape index (κ3) is 12.9. The van der Waals surface area contributed by atoms with Crippen LogP contribution in [0.5, 0.6) is 0 Å². The Bertz CT molecular complexity index is 243. The van der Waals surface area contributed by atoms with Crippen LogP contribution in [0.15, 0.2) is 0 Å². The Morgan fingerprint density at radius 3 is 1.81 bits per heavy atom. The average Bonchev–Trinajstić information content (AvgIpc) is 2.47. The van der Waals surface area contributed by atoms with Gasteiger partial charge in [0.25, 0.3) is 0 Å². The van der Waals surface area contributed by atoms with E-state index >= 15 is 0 Å². The molecule has 1 N–H and O–H groups in total. The van der Waals surface area contributed by atoms with Gasteiger partial charge in [0.1, 0.15) is 0 Å².